The topological polar surface area (TPSA) is 45.7 Å². The van der Waals surface area contributed by atoms with Gasteiger partial charge < -0.3 is 15.4 Å². The molecule has 0 radical (unpaired) electrons. The van der Waals surface area contributed by atoms with Crippen LogP contribution in [0.4, 0.5) is 0 Å². The molecule has 1 atom stereocenters. The number of halogens is 2. The Hall–Kier alpha value is 0.140. The van der Waals surface area contributed by atoms with Crippen molar-refractivity contribution in [2.24, 2.45) is 4.99 Å². The third kappa shape index (κ3) is 8.11. The molecule has 19 heavy (non-hydrogen) atoms. The molecule has 0 aliphatic heterocycles. The minimum atomic E-state index is 0. The van der Waals surface area contributed by atoms with Crippen molar-refractivity contribution >= 4 is 57.2 Å². The quantitative estimate of drug-likeness (QED) is 0.389. The fourth-order valence-electron chi connectivity index (χ4n) is 1.51. The van der Waals surface area contributed by atoms with Gasteiger partial charge in [0.2, 0.25) is 0 Å². The summed E-state index contributed by atoms with van der Waals surface area (Å²) in [5.74, 6) is 0.815. The van der Waals surface area contributed by atoms with Gasteiger partial charge in [0.15, 0.2) is 5.96 Å². The molecule has 0 saturated heterocycles. The van der Waals surface area contributed by atoms with Crippen LogP contribution in [-0.2, 0) is 11.2 Å². The zero-order chi connectivity index (χ0) is 13.4. The summed E-state index contributed by atoms with van der Waals surface area (Å²) in [5, 5.41) is 6.56. The van der Waals surface area contributed by atoms with Gasteiger partial charge in [-0.1, -0.05) is 0 Å². The Morgan fingerprint density at radius 2 is 2.26 bits per heavy atom. The van der Waals surface area contributed by atoms with Crippen molar-refractivity contribution in [3.05, 3.63) is 20.8 Å². The number of rotatable bonds is 6. The largest absolute Gasteiger partial charge is 0.383 e. The molecule has 0 aromatic carbocycles. The average Bonchev–Trinajstić information content (AvgIpc) is 2.74. The van der Waals surface area contributed by atoms with E-state index in [1.807, 2.05) is 0 Å². The van der Waals surface area contributed by atoms with Crippen molar-refractivity contribution in [1.29, 1.82) is 0 Å². The lowest BCUT2D eigenvalue weighted by Gasteiger charge is -2.16. The summed E-state index contributed by atoms with van der Waals surface area (Å²) in [6.07, 6.45) is 0.996. The molecule has 2 N–H and O–H groups in total. The number of hydrogen-bond donors (Lipinski definition) is 2. The van der Waals surface area contributed by atoms with Gasteiger partial charge in [0.1, 0.15) is 0 Å². The molecule has 0 aliphatic carbocycles. The monoisotopic (exact) mass is 461 g/mol. The first-order chi connectivity index (χ1) is 8.65. The van der Waals surface area contributed by atoms with Gasteiger partial charge in [-0.05, 0) is 41.4 Å². The molecule has 0 saturated carbocycles. The van der Waals surface area contributed by atoms with Crippen LogP contribution in [0.5, 0.6) is 0 Å². The van der Waals surface area contributed by atoms with Gasteiger partial charge in [-0.2, -0.15) is 0 Å². The predicted molar refractivity (Wildman–Crippen MR) is 97.0 cm³/mol. The smallest absolute Gasteiger partial charge is 0.191 e. The minimum absolute atomic E-state index is 0. The van der Waals surface area contributed by atoms with E-state index < -0.39 is 0 Å². The Balaban J connectivity index is 0.00000324. The first-order valence-corrected chi connectivity index (χ1v) is 7.47. The van der Waals surface area contributed by atoms with Gasteiger partial charge >= 0.3 is 0 Å². The van der Waals surface area contributed by atoms with E-state index in [1.165, 1.54) is 8.66 Å². The number of nitrogens with zero attached hydrogens (tertiary/aromatic N) is 1. The van der Waals surface area contributed by atoms with Crippen LogP contribution >= 0.6 is 51.2 Å². The molecular weight excluding hydrogens is 441 g/mol. The van der Waals surface area contributed by atoms with Gasteiger partial charge in [0.25, 0.3) is 0 Å². The third-order valence-corrected chi connectivity index (χ3v) is 4.00. The lowest BCUT2D eigenvalue weighted by atomic mass is 10.3. The second kappa shape index (κ2) is 10.9. The van der Waals surface area contributed by atoms with Gasteiger partial charge in [-0.3, -0.25) is 4.99 Å². The summed E-state index contributed by atoms with van der Waals surface area (Å²) in [4.78, 5) is 5.54. The highest BCUT2D eigenvalue weighted by atomic mass is 127. The summed E-state index contributed by atoms with van der Waals surface area (Å²) in [6, 6.07) is 4.46. The molecule has 0 aliphatic rings. The highest BCUT2D eigenvalue weighted by Gasteiger charge is 2.04. The fourth-order valence-corrected chi connectivity index (χ4v) is 2.99. The molecule has 7 heteroatoms. The van der Waals surface area contributed by atoms with E-state index in [1.54, 1.807) is 25.5 Å². The molecule has 0 spiro atoms. The molecule has 1 aromatic heterocycles. The molecule has 0 amide bonds. The van der Waals surface area contributed by atoms with Gasteiger partial charge in [-0.25, -0.2) is 0 Å². The van der Waals surface area contributed by atoms with E-state index in [2.05, 4.69) is 50.6 Å². The Kier molecular flexibility index (Phi) is 11.0. The summed E-state index contributed by atoms with van der Waals surface area (Å²) in [7, 11) is 3.47. The highest BCUT2D eigenvalue weighted by molar-refractivity contribution is 14.0. The van der Waals surface area contributed by atoms with Crippen molar-refractivity contribution in [2.75, 3.05) is 27.3 Å². The van der Waals surface area contributed by atoms with E-state index >= 15 is 0 Å². The number of thiophene rings is 1. The van der Waals surface area contributed by atoms with E-state index in [0.717, 1.165) is 18.9 Å². The van der Waals surface area contributed by atoms with Crippen molar-refractivity contribution in [2.45, 2.75) is 19.4 Å². The Bertz CT molecular complexity index is 387. The number of guanidine groups is 1. The van der Waals surface area contributed by atoms with Crippen LogP contribution in [0.15, 0.2) is 20.9 Å². The summed E-state index contributed by atoms with van der Waals surface area (Å²) in [5.41, 5.74) is 0. The molecule has 1 heterocycles. The zero-order valence-corrected chi connectivity index (χ0v) is 16.1. The minimum Gasteiger partial charge on any atom is -0.383 e. The molecule has 1 aromatic rings. The second-order valence-corrected chi connectivity index (χ2v) is 6.50. The van der Waals surface area contributed by atoms with E-state index in [4.69, 9.17) is 4.74 Å². The number of aliphatic imine (C=N–C) groups is 1. The zero-order valence-electron chi connectivity index (χ0n) is 11.4. The number of nitrogens with one attached hydrogen (secondary N) is 2. The first-order valence-electron chi connectivity index (χ1n) is 5.86. The second-order valence-electron chi connectivity index (χ2n) is 3.96. The van der Waals surface area contributed by atoms with Crippen LogP contribution in [0.25, 0.3) is 0 Å². The summed E-state index contributed by atoms with van der Waals surface area (Å²) < 4.78 is 6.25. The first kappa shape index (κ1) is 19.1. The van der Waals surface area contributed by atoms with Gasteiger partial charge in [-0.15, -0.1) is 35.3 Å². The third-order valence-electron chi connectivity index (χ3n) is 2.32. The van der Waals surface area contributed by atoms with Crippen LogP contribution in [0.3, 0.4) is 0 Å². The molecule has 0 fully saturated rings. The van der Waals surface area contributed by atoms with E-state index in [0.29, 0.717) is 6.61 Å². The SMILES string of the molecule is CN=C(NCCc1ccc(Br)s1)NC(C)COC.I. The van der Waals surface area contributed by atoms with Crippen LogP contribution in [0, 0.1) is 0 Å². The molecule has 1 rings (SSSR count). The van der Waals surface area contributed by atoms with Crippen molar-refractivity contribution < 1.29 is 4.74 Å². The highest BCUT2D eigenvalue weighted by Crippen LogP contribution is 2.21. The Morgan fingerprint density at radius 1 is 1.53 bits per heavy atom. The normalized spacial score (nSPS) is 12.7. The van der Waals surface area contributed by atoms with Gasteiger partial charge in [0, 0.05) is 31.6 Å². The molecule has 0 bridgehead atoms. The van der Waals surface area contributed by atoms with Crippen LogP contribution < -0.4 is 10.6 Å². The van der Waals surface area contributed by atoms with Crippen LogP contribution in [0.2, 0.25) is 0 Å². The lowest BCUT2D eigenvalue weighted by molar-refractivity contribution is 0.179. The predicted octanol–water partition coefficient (Wildman–Crippen LogP) is 2.87. The Labute approximate surface area is 144 Å². The molecule has 4 nitrogen and oxygen atoms in total. The fraction of sp³-hybridized carbons (Fsp3) is 0.583. The molecular formula is C12H21BrIN3OS. The van der Waals surface area contributed by atoms with E-state index in [-0.39, 0.29) is 30.0 Å². The Morgan fingerprint density at radius 3 is 2.79 bits per heavy atom. The van der Waals surface area contributed by atoms with Crippen LogP contribution in [0.1, 0.15) is 11.8 Å². The van der Waals surface area contributed by atoms with Crippen molar-refractivity contribution in [3.63, 3.8) is 0 Å². The number of hydrogen-bond acceptors (Lipinski definition) is 3. The summed E-state index contributed by atoms with van der Waals surface area (Å²) >= 11 is 5.23. The maximum Gasteiger partial charge on any atom is 0.191 e. The van der Waals surface area contributed by atoms with Crippen molar-refractivity contribution in [1.82, 2.24) is 10.6 Å². The molecule has 110 valence electrons. The number of ether oxygens (including phenoxy) is 1. The standard InChI is InChI=1S/C12H20BrN3OS.HI/c1-9(8-17-3)16-12(14-2)15-7-6-10-4-5-11(13)18-10;/h4-5,9H,6-8H2,1-3H3,(H2,14,15,16);1H. The summed E-state index contributed by atoms with van der Waals surface area (Å²) in [6.45, 7) is 3.59. The average molecular weight is 462 g/mol. The van der Waals surface area contributed by atoms with E-state index in [9.17, 15) is 0 Å². The van der Waals surface area contributed by atoms with Crippen molar-refractivity contribution in [3.8, 4) is 0 Å². The maximum atomic E-state index is 5.08. The number of methoxy groups -OCH3 is 1. The lowest BCUT2D eigenvalue weighted by Crippen LogP contribution is -2.44. The van der Waals surface area contributed by atoms with Crippen LogP contribution in [-0.4, -0.2) is 39.3 Å². The van der Waals surface area contributed by atoms with Gasteiger partial charge in [0.05, 0.1) is 10.4 Å². The maximum absolute atomic E-state index is 5.08. The molecule has 1 unspecified atom stereocenters.